The van der Waals surface area contributed by atoms with Gasteiger partial charge in [0.1, 0.15) is 0 Å². The van der Waals surface area contributed by atoms with E-state index in [0.29, 0.717) is 6.54 Å². The zero-order valence-electron chi connectivity index (χ0n) is 8.59. The lowest BCUT2D eigenvalue weighted by Crippen LogP contribution is -2.41. The summed E-state index contributed by atoms with van der Waals surface area (Å²) >= 11 is 0. The lowest BCUT2D eigenvalue weighted by atomic mass is 10.4. The van der Waals surface area contributed by atoms with Crippen LogP contribution in [0, 0.1) is 0 Å². The van der Waals surface area contributed by atoms with Crippen LogP contribution >= 0.6 is 0 Å². The second kappa shape index (κ2) is 6.27. The fraction of sp³-hybridized carbons (Fsp3) is 1.00. The summed E-state index contributed by atoms with van der Waals surface area (Å²) in [5.74, 6) is 0. The molecule has 0 bridgehead atoms. The van der Waals surface area contributed by atoms with E-state index in [-0.39, 0.29) is 6.54 Å². The molecule has 0 aliphatic carbocycles. The van der Waals surface area contributed by atoms with Crippen molar-refractivity contribution in [2.45, 2.75) is 6.43 Å². The van der Waals surface area contributed by atoms with Gasteiger partial charge in [-0.05, 0) is 7.05 Å². The van der Waals surface area contributed by atoms with Gasteiger partial charge in [0.25, 0.3) is 6.43 Å². The largest absolute Gasteiger partial charge is 0.379 e. The van der Waals surface area contributed by atoms with Gasteiger partial charge >= 0.3 is 0 Å². The molecule has 0 atom stereocenters. The third-order valence-corrected chi connectivity index (χ3v) is 2.35. The minimum absolute atomic E-state index is 0.135. The molecule has 0 N–H and O–H groups in total. The van der Waals surface area contributed by atoms with Gasteiger partial charge in [-0.1, -0.05) is 0 Å². The van der Waals surface area contributed by atoms with E-state index in [2.05, 4.69) is 4.90 Å². The van der Waals surface area contributed by atoms with Crippen LogP contribution in [0.1, 0.15) is 0 Å². The lowest BCUT2D eigenvalue weighted by molar-refractivity contribution is 0.0305. The average Bonchev–Trinajstić information content (AvgIpc) is 2.15. The molecule has 0 spiro atoms. The van der Waals surface area contributed by atoms with Crippen molar-refractivity contribution in [1.82, 2.24) is 9.80 Å². The molecule has 1 aliphatic rings. The van der Waals surface area contributed by atoms with Crippen LogP contribution in [0.15, 0.2) is 0 Å². The van der Waals surface area contributed by atoms with Gasteiger partial charge in [0, 0.05) is 26.2 Å². The maximum Gasteiger partial charge on any atom is 0.251 e. The molecule has 1 heterocycles. The Hall–Kier alpha value is -0.260. The molecule has 1 rings (SSSR count). The van der Waals surface area contributed by atoms with Crippen LogP contribution < -0.4 is 0 Å². The maximum absolute atomic E-state index is 12.0. The van der Waals surface area contributed by atoms with E-state index in [9.17, 15) is 8.78 Å². The molecule has 0 unspecified atom stereocenters. The van der Waals surface area contributed by atoms with Crippen molar-refractivity contribution >= 4 is 0 Å². The zero-order valence-corrected chi connectivity index (χ0v) is 8.59. The van der Waals surface area contributed by atoms with Crippen LogP contribution in [-0.4, -0.2) is 69.2 Å². The summed E-state index contributed by atoms with van der Waals surface area (Å²) in [4.78, 5) is 3.91. The second-order valence-corrected chi connectivity index (χ2v) is 3.61. The number of rotatable bonds is 5. The molecule has 1 aliphatic heterocycles. The molecular weight excluding hydrogens is 190 g/mol. The summed E-state index contributed by atoms with van der Waals surface area (Å²) < 4.78 is 29.1. The number of alkyl halides is 2. The van der Waals surface area contributed by atoms with Gasteiger partial charge in [-0.2, -0.15) is 0 Å². The van der Waals surface area contributed by atoms with Gasteiger partial charge in [0.05, 0.1) is 19.8 Å². The van der Waals surface area contributed by atoms with Gasteiger partial charge in [0.2, 0.25) is 0 Å². The third-order valence-electron chi connectivity index (χ3n) is 2.35. The predicted octanol–water partition coefficient (Wildman–Crippen LogP) is 0.515. The van der Waals surface area contributed by atoms with Gasteiger partial charge in [-0.25, -0.2) is 8.78 Å². The molecular formula is C9H18F2N2O. The van der Waals surface area contributed by atoms with Crippen LogP contribution in [-0.2, 0) is 4.74 Å². The maximum atomic E-state index is 12.0. The van der Waals surface area contributed by atoms with E-state index in [0.717, 1.165) is 32.8 Å². The smallest absolute Gasteiger partial charge is 0.251 e. The molecule has 5 heteroatoms. The highest BCUT2D eigenvalue weighted by Gasteiger charge is 2.12. The van der Waals surface area contributed by atoms with Crippen LogP contribution in [0.2, 0.25) is 0 Å². The Bertz CT molecular complexity index is 152. The average molecular weight is 208 g/mol. The first kappa shape index (κ1) is 11.8. The van der Waals surface area contributed by atoms with Crippen molar-refractivity contribution < 1.29 is 13.5 Å². The summed E-state index contributed by atoms with van der Waals surface area (Å²) in [6.45, 7) is 4.78. The fourth-order valence-corrected chi connectivity index (χ4v) is 1.46. The first-order valence-electron chi connectivity index (χ1n) is 4.95. The fourth-order valence-electron chi connectivity index (χ4n) is 1.46. The normalized spacial score (nSPS) is 19.5. The zero-order chi connectivity index (χ0) is 10.4. The van der Waals surface area contributed by atoms with Crippen LogP contribution in [0.3, 0.4) is 0 Å². The van der Waals surface area contributed by atoms with Gasteiger partial charge in [-0.15, -0.1) is 0 Å². The quantitative estimate of drug-likeness (QED) is 0.655. The molecule has 0 radical (unpaired) electrons. The number of likely N-dealkylation sites (N-methyl/N-ethyl adjacent to an activating group) is 1. The van der Waals surface area contributed by atoms with E-state index >= 15 is 0 Å². The molecule has 0 amide bonds. The Morgan fingerprint density at radius 2 is 2.00 bits per heavy atom. The molecule has 0 saturated carbocycles. The van der Waals surface area contributed by atoms with E-state index in [1.165, 1.54) is 0 Å². The van der Waals surface area contributed by atoms with E-state index < -0.39 is 6.43 Å². The van der Waals surface area contributed by atoms with Crippen LogP contribution in [0.25, 0.3) is 0 Å². The molecule has 14 heavy (non-hydrogen) atoms. The second-order valence-electron chi connectivity index (χ2n) is 3.61. The SMILES string of the molecule is CN(CCN1CCOCC1)CC(F)F. The van der Waals surface area contributed by atoms with Crippen molar-refractivity contribution in [3.8, 4) is 0 Å². The van der Waals surface area contributed by atoms with Gasteiger partial charge < -0.3 is 4.74 Å². The molecule has 1 saturated heterocycles. The highest BCUT2D eigenvalue weighted by atomic mass is 19.3. The van der Waals surface area contributed by atoms with Crippen LogP contribution in [0.4, 0.5) is 8.78 Å². The molecule has 0 aromatic heterocycles. The van der Waals surface area contributed by atoms with Gasteiger partial charge in [0.15, 0.2) is 0 Å². The van der Waals surface area contributed by atoms with E-state index in [1.54, 1.807) is 11.9 Å². The molecule has 0 aromatic carbocycles. The molecule has 1 fully saturated rings. The van der Waals surface area contributed by atoms with Crippen molar-refractivity contribution in [3.63, 3.8) is 0 Å². The summed E-state index contributed by atoms with van der Waals surface area (Å²) in [7, 11) is 1.73. The Morgan fingerprint density at radius 3 is 2.57 bits per heavy atom. The first-order valence-corrected chi connectivity index (χ1v) is 4.95. The molecule has 84 valence electrons. The van der Waals surface area contributed by atoms with E-state index in [4.69, 9.17) is 4.74 Å². The number of nitrogens with zero attached hydrogens (tertiary/aromatic N) is 2. The summed E-state index contributed by atoms with van der Waals surface area (Å²) in [6, 6.07) is 0. The van der Waals surface area contributed by atoms with Crippen LogP contribution in [0.5, 0.6) is 0 Å². The Labute approximate surface area is 83.6 Å². The molecule has 0 aromatic rings. The summed E-state index contributed by atoms with van der Waals surface area (Å²) in [5.41, 5.74) is 0. The Morgan fingerprint density at radius 1 is 1.36 bits per heavy atom. The first-order chi connectivity index (χ1) is 6.68. The highest BCUT2D eigenvalue weighted by Crippen LogP contribution is 1.99. The number of hydrogen-bond acceptors (Lipinski definition) is 3. The Kier molecular flexibility index (Phi) is 5.29. The van der Waals surface area contributed by atoms with Crippen molar-refractivity contribution in [3.05, 3.63) is 0 Å². The van der Waals surface area contributed by atoms with Crippen molar-refractivity contribution in [2.24, 2.45) is 0 Å². The monoisotopic (exact) mass is 208 g/mol. The minimum atomic E-state index is -2.23. The van der Waals surface area contributed by atoms with E-state index in [1.807, 2.05) is 0 Å². The molecule has 3 nitrogen and oxygen atoms in total. The van der Waals surface area contributed by atoms with Gasteiger partial charge in [-0.3, -0.25) is 9.80 Å². The lowest BCUT2D eigenvalue weighted by Gasteiger charge is -2.28. The third kappa shape index (κ3) is 4.83. The van der Waals surface area contributed by atoms with Crippen molar-refractivity contribution in [1.29, 1.82) is 0 Å². The number of hydrogen-bond donors (Lipinski definition) is 0. The summed E-state index contributed by atoms with van der Waals surface area (Å²) in [6.07, 6.45) is -2.23. The van der Waals surface area contributed by atoms with Crippen molar-refractivity contribution in [2.75, 3.05) is 53.0 Å². The summed E-state index contributed by atoms with van der Waals surface area (Å²) in [5, 5.41) is 0. The highest BCUT2D eigenvalue weighted by molar-refractivity contribution is 4.64. The predicted molar refractivity (Wildman–Crippen MR) is 50.8 cm³/mol. The standard InChI is InChI=1S/C9H18F2N2O/c1-12(8-9(10)11)2-3-13-4-6-14-7-5-13/h9H,2-8H2,1H3. The minimum Gasteiger partial charge on any atom is -0.379 e. The Balaban J connectivity index is 2.06. The number of morpholine rings is 1. The number of halogens is 2. The topological polar surface area (TPSA) is 15.7 Å². The number of ether oxygens (including phenoxy) is 1.